The Bertz CT molecular complexity index is 784. The van der Waals surface area contributed by atoms with Crippen LogP contribution in [0.3, 0.4) is 0 Å². The Labute approximate surface area is 176 Å². The lowest BCUT2D eigenvalue weighted by atomic mass is 10.0. The van der Waals surface area contributed by atoms with Gasteiger partial charge in [0.25, 0.3) is 0 Å². The van der Waals surface area contributed by atoms with Gasteiger partial charge in [-0.3, -0.25) is 9.89 Å². The maximum Gasteiger partial charge on any atom is 0.209 e. The Morgan fingerprint density at radius 2 is 1.97 bits per heavy atom. The van der Waals surface area contributed by atoms with Crippen LogP contribution in [0.2, 0.25) is 0 Å². The molecule has 2 rings (SSSR count). The molecular formula is C21H37N5O2S. The van der Waals surface area contributed by atoms with Crippen molar-refractivity contribution in [1.29, 1.82) is 0 Å². The van der Waals surface area contributed by atoms with E-state index >= 15 is 0 Å². The minimum atomic E-state index is -3.27. The molecule has 0 unspecified atom stereocenters. The van der Waals surface area contributed by atoms with E-state index in [4.69, 9.17) is 0 Å². The monoisotopic (exact) mass is 423 g/mol. The van der Waals surface area contributed by atoms with E-state index in [1.807, 2.05) is 20.8 Å². The van der Waals surface area contributed by atoms with E-state index in [1.165, 1.54) is 17.4 Å². The molecule has 164 valence electrons. The first-order valence-electron chi connectivity index (χ1n) is 10.4. The van der Waals surface area contributed by atoms with E-state index in [9.17, 15) is 8.42 Å². The maximum absolute atomic E-state index is 11.5. The highest BCUT2D eigenvalue weighted by molar-refractivity contribution is 7.88. The lowest BCUT2D eigenvalue weighted by Gasteiger charge is -2.33. The zero-order chi connectivity index (χ0) is 21.5. The molecule has 1 aliphatic heterocycles. The number of aliphatic imine (C=N–C) groups is 1. The molecule has 8 heteroatoms. The number of hydrogen-bond donors (Lipinski definition) is 3. The Hall–Kier alpha value is -1.64. The molecule has 1 aromatic rings. The van der Waals surface area contributed by atoms with E-state index in [2.05, 4.69) is 56.4 Å². The van der Waals surface area contributed by atoms with Gasteiger partial charge in [0.15, 0.2) is 5.96 Å². The molecule has 1 aliphatic rings. The number of guanidine groups is 1. The van der Waals surface area contributed by atoms with Crippen molar-refractivity contribution in [3.63, 3.8) is 0 Å². The second kappa shape index (κ2) is 10.4. The predicted molar refractivity (Wildman–Crippen MR) is 121 cm³/mol. The number of sulfonamides is 1. The molecule has 0 aromatic heterocycles. The van der Waals surface area contributed by atoms with Crippen LogP contribution in [0.4, 0.5) is 0 Å². The molecule has 1 heterocycles. The highest BCUT2D eigenvalue weighted by Gasteiger charge is 2.23. The SMILES string of the molecule is CCNC(=NCC(C)(C)NS(C)(=O)=O)NC1CCN(Cc2cccc(C)c2)CC1. The van der Waals surface area contributed by atoms with Gasteiger partial charge in [-0.1, -0.05) is 29.8 Å². The Kier molecular flexibility index (Phi) is 8.48. The lowest BCUT2D eigenvalue weighted by Crippen LogP contribution is -2.50. The summed E-state index contributed by atoms with van der Waals surface area (Å²) < 4.78 is 25.7. The molecule has 0 atom stereocenters. The minimum Gasteiger partial charge on any atom is -0.357 e. The van der Waals surface area contributed by atoms with Gasteiger partial charge >= 0.3 is 0 Å². The van der Waals surface area contributed by atoms with Crippen LogP contribution < -0.4 is 15.4 Å². The van der Waals surface area contributed by atoms with Gasteiger partial charge < -0.3 is 10.6 Å². The summed E-state index contributed by atoms with van der Waals surface area (Å²) in [7, 11) is -3.27. The van der Waals surface area contributed by atoms with Crippen molar-refractivity contribution < 1.29 is 8.42 Å². The van der Waals surface area contributed by atoms with Crippen LogP contribution in [0.25, 0.3) is 0 Å². The molecule has 7 nitrogen and oxygen atoms in total. The van der Waals surface area contributed by atoms with Gasteiger partial charge in [-0.2, -0.15) is 0 Å². The third-order valence-corrected chi connectivity index (χ3v) is 5.78. The normalized spacial score (nSPS) is 17.3. The van der Waals surface area contributed by atoms with E-state index in [1.54, 1.807) is 0 Å². The quantitative estimate of drug-likeness (QED) is 0.439. The third-order valence-electron chi connectivity index (χ3n) is 4.86. The summed E-state index contributed by atoms with van der Waals surface area (Å²) in [6, 6.07) is 9.07. The molecule has 0 radical (unpaired) electrons. The number of rotatable bonds is 8. The van der Waals surface area contributed by atoms with Crippen LogP contribution in [0, 0.1) is 6.92 Å². The first-order chi connectivity index (χ1) is 13.6. The highest BCUT2D eigenvalue weighted by atomic mass is 32.2. The minimum absolute atomic E-state index is 0.363. The number of piperidine rings is 1. The van der Waals surface area contributed by atoms with E-state index in [-0.39, 0.29) is 0 Å². The van der Waals surface area contributed by atoms with Gasteiger partial charge in [-0.25, -0.2) is 13.1 Å². The second-order valence-corrected chi connectivity index (χ2v) is 10.4. The van der Waals surface area contributed by atoms with Crippen molar-refractivity contribution in [2.75, 3.05) is 32.4 Å². The summed E-state index contributed by atoms with van der Waals surface area (Å²) in [5, 5.41) is 6.79. The summed E-state index contributed by atoms with van der Waals surface area (Å²) in [5.41, 5.74) is 2.04. The zero-order valence-electron chi connectivity index (χ0n) is 18.5. The summed E-state index contributed by atoms with van der Waals surface area (Å²) in [6.07, 6.45) is 3.29. The fraction of sp³-hybridized carbons (Fsp3) is 0.667. The van der Waals surface area contributed by atoms with Crippen molar-refractivity contribution >= 4 is 16.0 Å². The first kappa shape index (κ1) is 23.6. The third kappa shape index (κ3) is 9.14. The maximum atomic E-state index is 11.5. The smallest absolute Gasteiger partial charge is 0.209 e. The summed E-state index contributed by atoms with van der Waals surface area (Å²) >= 11 is 0. The van der Waals surface area contributed by atoms with Crippen LogP contribution in [0.5, 0.6) is 0 Å². The van der Waals surface area contributed by atoms with Crippen molar-refractivity contribution in [3.8, 4) is 0 Å². The average Bonchev–Trinajstić information content (AvgIpc) is 2.60. The number of benzene rings is 1. The van der Waals surface area contributed by atoms with Crippen molar-refractivity contribution in [1.82, 2.24) is 20.3 Å². The molecule has 1 saturated heterocycles. The summed E-state index contributed by atoms with van der Waals surface area (Å²) in [4.78, 5) is 7.11. The van der Waals surface area contributed by atoms with Crippen LogP contribution in [0.15, 0.2) is 29.3 Å². The summed E-state index contributed by atoms with van der Waals surface area (Å²) in [6.45, 7) is 12.1. The number of likely N-dealkylation sites (tertiary alicyclic amines) is 1. The fourth-order valence-electron chi connectivity index (χ4n) is 3.63. The molecule has 0 amide bonds. The van der Waals surface area contributed by atoms with Gasteiger partial charge in [0.2, 0.25) is 10.0 Å². The lowest BCUT2D eigenvalue weighted by molar-refractivity contribution is 0.198. The number of hydrogen-bond acceptors (Lipinski definition) is 4. The molecule has 0 bridgehead atoms. The largest absolute Gasteiger partial charge is 0.357 e. The predicted octanol–water partition coefficient (Wildman–Crippen LogP) is 1.84. The molecule has 0 saturated carbocycles. The number of nitrogens with one attached hydrogen (secondary N) is 3. The molecule has 3 N–H and O–H groups in total. The molecule has 1 aromatic carbocycles. The van der Waals surface area contributed by atoms with E-state index in [0.29, 0.717) is 12.6 Å². The van der Waals surface area contributed by atoms with Gasteiger partial charge in [0.05, 0.1) is 12.8 Å². The number of nitrogens with zero attached hydrogens (tertiary/aromatic N) is 2. The Morgan fingerprint density at radius 3 is 2.55 bits per heavy atom. The van der Waals surface area contributed by atoms with Gasteiger partial charge in [0.1, 0.15) is 0 Å². The van der Waals surface area contributed by atoms with Crippen molar-refractivity contribution in [2.45, 2.75) is 58.7 Å². The van der Waals surface area contributed by atoms with Crippen LogP contribution in [0.1, 0.15) is 44.7 Å². The summed E-state index contributed by atoms with van der Waals surface area (Å²) in [5.74, 6) is 0.744. The van der Waals surface area contributed by atoms with Gasteiger partial charge in [0, 0.05) is 37.8 Å². The average molecular weight is 424 g/mol. The molecule has 1 fully saturated rings. The fourth-order valence-corrected chi connectivity index (χ4v) is 4.70. The standard InChI is InChI=1S/C21H37N5O2S/c1-6-22-20(23-16-21(3,4)25-29(5,27)28)24-19-10-12-26(13-11-19)15-18-9-7-8-17(2)14-18/h7-9,14,19,25H,6,10-13,15-16H2,1-5H3,(H2,22,23,24). The Balaban J connectivity index is 1.86. The van der Waals surface area contributed by atoms with Crippen LogP contribution in [-0.4, -0.2) is 63.3 Å². The first-order valence-corrected chi connectivity index (χ1v) is 12.3. The molecule has 29 heavy (non-hydrogen) atoms. The molecule has 0 aliphatic carbocycles. The molecule has 0 spiro atoms. The van der Waals surface area contributed by atoms with Crippen molar-refractivity contribution in [3.05, 3.63) is 35.4 Å². The zero-order valence-corrected chi connectivity index (χ0v) is 19.3. The van der Waals surface area contributed by atoms with E-state index < -0.39 is 15.6 Å². The van der Waals surface area contributed by atoms with Crippen LogP contribution >= 0.6 is 0 Å². The van der Waals surface area contributed by atoms with Crippen LogP contribution in [-0.2, 0) is 16.6 Å². The molecular weight excluding hydrogens is 386 g/mol. The topological polar surface area (TPSA) is 85.8 Å². The Morgan fingerprint density at radius 1 is 1.28 bits per heavy atom. The van der Waals surface area contributed by atoms with Gasteiger partial charge in [-0.05, 0) is 46.1 Å². The van der Waals surface area contributed by atoms with E-state index in [0.717, 1.165) is 45.0 Å². The van der Waals surface area contributed by atoms with Gasteiger partial charge in [-0.15, -0.1) is 0 Å². The highest BCUT2D eigenvalue weighted by Crippen LogP contribution is 2.15. The van der Waals surface area contributed by atoms with Crippen molar-refractivity contribution in [2.24, 2.45) is 4.99 Å². The number of aryl methyl sites for hydroxylation is 1. The second-order valence-electron chi connectivity index (χ2n) is 8.64.